The Hall–Kier alpha value is -4.66. The summed E-state index contributed by atoms with van der Waals surface area (Å²) in [5.41, 5.74) is 0.783. The van der Waals surface area contributed by atoms with Gasteiger partial charge >= 0.3 is 12.2 Å². The van der Waals surface area contributed by atoms with Crippen LogP contribution >= 0.6 is 0 Å². The number of benzene rings is 3. The predicted octanol–water partition coefficient (Wildman–Crippen LogP) is 5.37. The topological polar surface area (TPSA) is 71.4 Å². The van der Waals surface area contributed by atoms with E-state index < -0.39 is 29.6 Å². The van der Waals surface area contributed by atoms with Crippen LogP contribution in [-0.4, -0.2) is 22.4 Å². The third-order valence-electron chi connectivity index (χ3n) is 5.85. The minimum absolute atomic E-state index is 0.294. The molecule has 1 N–H and O–H groups in total. The second kappa shape index (κ2) is 8.84. The van der Waals surface area contributed by atoms with Crippen molar-refractivity contribution in [2.75, 3.05) is 4.90 Å². The number of rotatable bonds is 4. The first-order valence-corrected chi connectivity index (χ1v) is 10.9. The largest absolute Gasteiger partial charge is 0.416 e. The van der Waals surface area contributed by atoms with Crippen LogP contribution in [0.1, 0.15) is 16.7 Å². The lowest BCUT2D eigenvalue weighted by Crippen LogP contribution is -2.54. The molecule has 0 unspecified atom stereocenters. The van der Waals surface area contributed by atoms with Crippen LogP contribution in [0.25, 0.3) is 17.0 Å². The van der Waals surface area contributed by atoms with Crippen molar-refractivity contribution >= 4 is 40.5 Å². The molecule has 0 aliphatic carbocycles. The smallest absolute Gasteiger partial charge is 0.342 e. The first kappa shape index (κ1) is 23.1. The molecule has 5 rings (SSSR count). The lowest BCUT2D eigenvalue weighted by molar-refractivity contribution is -0.137. The number of para-hydroxylation sites is 1. The van der Waals surface area contributed by atoms with E-state index in [4.69, 9.17) is 0 Å². The average Bonchev–Trinajstić information content (AvgIpc) is 3.19. The minimum atomic E-state index is -4.67. The molecule has 36 heavy (non-hydrogen) atoms. The van der Waals surface area contributed by atoms with Gasteiger partial charge in [0, 0.05) is 29.2 Å². The number of hydrogen-bond acceptors (Lipinski definition) is 3. The van der Waals surface area contributed by atoms with Crippen LogP contribution in [0.2, 0.25) is 0 Å². The van der Waals surface area contributed by atoms with E-state index in [1.165, 1.54) is 12.1 Å². The Morgan fingerprint density at radius 3 is 2.33 bits per heavy atom. The van der Waals surface area contributed by atoms with Gasteiger partial charge in [-0.25, -0.2) is 9.69 Å². The number of amides is 4. The average molecular weight is 489 g/mol. The number of alkyl halides is 3. The lowest BCUT2D eigenvalue weighted by Gasteiger charge is -2.26. The number of carbonyl (C=O) groups is 3. The summed E-state index contributed by atoms with van der Waals surface area (Å²) in [5.74, 6) is -1.93. The number of aromatic nitrogens is 1. The molecule has 1 aliphatic heterocycles. The number of fused-ring (bicyclic) bond motifs is 1. The van der Waals surface area contributed by atoms with Crippen LogP contribution in [0.4, 0.5) is 23.7 Å². The van der Waals surface area contributed by atoms with Crippen molar-refractivity contribution in [2.45, 2.75) is 12.7 Å². The number of halogens is 3. The van der Waals surface area contributed by atoms with Crippen LogP contribution in [0, 0.1) is 0 Å². The van der Waals surface area contributed by atoms with Gasteiger partial charge in [-0.2, -0.15) is 13.2 Å². The molecule has 3 aromatic carbocycles. The molecule has 180 valence electrons. The summed E-state index contributed by atoms with van der Waals surface area (Å²) < 4.78 is 41.5. The molecule has 0 bridgehead atoms. The normalized spacial score (nSPS) is 15.6. The first-order valence-electron chi connectivity index (χ1n) is 10.9. The number of carbonyl (C=O) groups excluding carboxylic acids is 3. The Balaban J connectivity index is 1.56. The summed E-state index contributed by atoms with van der Waals surface area (Å²) in [4.78, 5) is 38.8. The molecule has 4 aromatic rings. The van der Waals surface area contributed by atoms with Crippen molar-refractivity contribution in [2.24, 2.45) is 0 Å². The molecule has 0 spiro atoms. The Labute approximate surface area is 203 Å². The van der Waals surface area contributed by atoms with Gasteiger partial charge in [-0.05, 0) is 35.9 Å². The summed E-state index contributed by atoms with van der Waals surface area (Å²) in [6.45, 7) is 0.541. The first-order chi connectivity index (χ1) is 17.2. The quantitative estimate of drug-likeness (QED) is 0.309. The summed E-state index contributed by atoms with van der Waals surface area (Å²) in [7, 11) is 0. The van der Waals surface area contributed by atoms with Crippen LogP contribution in [0.15, 0.2) is 90.6 Å². The van der Waals surface area contributed by atoms with E-state index in [2.05, 4.69) is 5.32 Å². The highest BCUT2D eigenvalue weighted by Gasteiger charge is 2.38. The Morgan fingerprint density at radius 2 is 1.58 bits per heavy atom. The van der Waals surface area contributed by atoms with Gasteiger partial charge in [0.05, 0.1) is 11.3 Å². The molecule has 0 radical (unpaired) electrons. The zero-order valence-corrected chi connectivity index (χ0v) is 18.6. The number of urea groups is 1. The van der Waals surface area contributed by atoms with Crippen molar-refractivity contribution in [3.05, 3.63) is 107 Å². The monoisotopic (exact) mass is 489 g/mol. The molecule has 6 nitrogen and oxygen atoms in total. The molecule has 0 saturated carbocycles. The van der Waals surface area contributed by atoms with E-state index in [-0.39, 0.29) is 11.3 Å². The molecule has 1 aliphatic rings. The van der Waals surface area contributed by atoms with Crippen LogP contribution in [0.3, 0.4) is 0 Å². The van der Waals surface area contributed by atoms with Crippen molar-refractivity contribution in [3.63, 3.8) is 0 Å². The highest BCUT2D eigenvalue weighted by atomic mass is 19.4. The molecule has 0 atom stereocenters. The molecule has 2 heterocycles. The summed E-state index contributed by atoms with van der Waals surface area (Å²) in [5, 5.41) is 2.82. The second-order valence-corrected chi connectivity index (χ2v) is 8.22. The Kier molecular flexibility index (Phi) is 5.68. The number of nitrogens with one attached hydrogen (secondary N) is 1. The molecule has 1 aromatic heterocycles. The SMILES string of the molecule is O=C1NC(=O)N(c2cccc(C(F)(F)F)c2)C(=O)/C1=C/c1cn(Cc2ccccc2)c2ccccc12. The number of barbiturate groups is 1. The van der Waals surface area contributed by atoms with Gasteiger partial charge in [0.25, 0.3) is 11.8 Å². The Bertz CT molecular complexity index is 1540. The zero-order valence-electron chi connectivity index (χ0n) is 18.6. The van der Waals surface area contributed by atoms with E-state index in [9.17, 15) is 27.6 Å². The van der Waals surface area contributed by atoms with Gasteiger partial charge in [-0.1, -0.05) is 54.6 Å². The van der Waals surface area contributed by atoms with Crippen LogP contribution in [-0.2, 0) is 22.3 Å². The molecule has 4 amide bonds. The molecule has 9 heteroatoms. The van der Waals surface area contributed by atoms with E-state index in [1.54, 1.807) is 6.20 Å². The molecule has 1 saturated heterocycles. The van der Waals surface area contributed by atoms with Crippen molar-refractivity contribution in [1.29, 1.82) is 0 Å². The standard InChI is InChI=1S/C27H18F3N3O3/c28-27(29,30)19-9-6-10-20(14-19)33-25(35)22(24(34)31-26(33)36)13-18-16-32(15-17-7-2-1-3-8-17)23-12-5-4-11-21(18)23/h1-14,16H,15H2,(H,31,34,36)/b22-13+. The number of hydrogen-bond donors (Lipinski definition) is 1. The summed E-state index contributed by atoms with van der Waals surface area (Å²) in [6.07, 6.45) is -1.52. The van der Waals surface area contributed by atoms with Crippen molar-refractivity contribution in [3.8, 4) is 0 Å². The van der Waals surface area contributed by atoms with Gasteiger partial charge in [0.15, 0.2) is 0 Å². The third kappa shape index (κ3) is 4.26. The second-order valence-electron chi connectivity index (χ2n) is 8.22. The van der Waals surface area contributed by atoms with Gasteiger partial charge < -0.3 is 4.57 Å². The highest BCUT2D eigenvalue weighted by Crippen LogP contribution is 2.33. The summed E-state index contributed by atoms with van der Waals surface area (Å²) in [6, 6.07) is 19.8. The minimum Gasteiger partial charge on any atom is -0.342 e. The predicted molar refractivity (Wildman–Crippen MR) is 128 cm³/mol. The van der Waals surface area contributed by atoms with Gasteiger partial charge in [0.1, 0.15) is 5.57 Å². The maximum atomic E-state index is 13.2. The van der Waals surface area contributed by atoms with Gasteiger partial charge in [-0.15, -0.1) is 0 Å². The van der Waals surface area contributed by atoms with Crippen molar-refractivity contribution < 1.29 is 27.6 Å². The zero-order chi connectivity index (χ0) is 25.4. The number of imide groups is 2. The summed E-state index contributed by atoms with van der Waals surface area (Å²) >= 11 is 0. The third-order valence-corrected chi connectivity index (χ3v) is 5.85. The number of anilines is 1. The van der Waals surface area contributed by atoms with Crippen LogP contribution < -0.4 is 10.2 Å². The Morgan fingerprint density at radius 1 is 0.861 bits per heavy atom. The fourth-order valence-corrected chi connectivity index (χ4v) is 4.17. The molecule has 1 fully saturated rings. The van der Waals surface area contributed by atoms with E-state index in [1.807, 2.05) is 59.2 Å². The molecular formula is C27H18F3N3O3. The van der Waals surface area contributed by atoms with Gasteiger partial charge in [-0.3, -0.25) is 14.9 Å². The molecular weight excluding hydrogens is 471 g/mol. The maximum absolute atomic E-state index is 13.2. The van der Waals surface area contributed by atoms with E-state index in [0.29, 0.717) is 23.1 Å². The lowest BCUT2D eigenvalue weighted by atomic mass is 10.1. The number of nitrogens with zero attached hydrogens (tertiary/aromatic N) is 2. The van der Waals surface area contributed by atoms with Crippen LogP contribution in [0.5, 0.6) is 0 Å². The fourth-order valence-electron chi connectivity index (χ4n) is 4.17. The van der Waals surface area contributed by atoms with Crippen molar-refractivity contribution in [1.82, 2.24) is 9.88 Å². The van der Waals surface area contributed by atoms with E-state index in [0.717, 1.165) is 28.6 Å². The van der Waals surface area contributed by atoms with Gasteiger partial charge in [0.2, 0.25) is 0 Å². The van der Waals surface area contributed by atoms with E-state index >= 15 is 0 Å². The maximum Gasteiger partial charge on any atom is 0.416 e. The fraction of sp³-hybridized carbons (Fsp3) is 0.0741. The highest BCUT2D eigenvalue weighted by molar-refractivity contribution is 6.39.